The zero-order valence-corrected chi connectivity index (χ0v) is 16.2. The van der Waals surface area contributed by atoms with Crippen molar-refractivity contribution in [1.29, 1.82) is 0 Å². The molecule has 2 N–H and O–H groups in total. The molecule has 0 aliphatic heterocycles. The first-order chi connectivity index (χ1) is 13.2. The Kier molecular flexibility index (Phi) is 6.81. The highest BCUT2D eigenvalue weighted by molar-refractivity contribution is 7.16. The van der Waals surface area contributed by atoms with Crippen LogP contribution in [0, 0.1) is 0 Å². The highest BCUT2D eigenvalue weighted by Crippen LogP contribution is 2.35. The summed E-state index contributed by atoms with van der Waals surface area (Å²) in [6.07, 6.45) is 0.784. The van der Waals surface area contributed by atoms with Crippen LogP contribution in [0.5, 0.6) is 5.75 Å². The van der Waals surface area contributed by atoms with Crippen LogP contribution in [0.1, 0.15) is 10.4 Å². The summed E-state index contributed by atoms with van der Waals surface area (Å²) >= 11 is 1.61. The van der Waals surface area contributed by atoms with Gasteiger partial charge in [-0.1, -0.05) is 30.3 Å². The number of methoxy groups -OCH3 is 1. The van der Waals surface area contributed by atoms with Crippen LogP contribution < -0.4 is 9.64 Å². The van der Waals surface area contributed by atoms with Crippen LogP contribution in [0.2, 0.25) is 0 Å². The molecule has 0 radical (unpaired) electrons. The van der Waals surface area contributed by atoms with E-state index in [1.165, 1.54) is 5.56 Å². The highest BCUT2D eigenvalue weighted by atomic mass is 32.1. The van der Waals surface area contributed by atoms with Gasteiger partial charge in [-0.15, -0.1) is 11.3 Å². The van der Waals surface area contributed by atoms with Gasteiger partial charge in [0, 0.05) is 30.0 Å². The van der Waals surface area contributed by atoms with Gasteiger partial charge in [-0.2, -0.15) is 0 Å². The van der Waals surface area contributed by atoms with E-state index in [1.54, 1.807) is 18.4 Å². The van der Waals surface area contributed by atoms with Gasteiger partial charge < -0.3 is 19.8 Å². The Morgan fingerprint density at radius 3 is 2.22 bits per heavy atom. The third-order valence-electron chi connectivity index (χ3n) is 4.27. The average molecular weight is 385 g/mol. The molecule has 0 spiro atoms. The number of aromatic nitrogens is 1. The summed E-state index contributed by atoms with van der Waals surface area (Å²) in [7, 11) is 1.65. The van der Waals surface area contributed by atoms with Crippen molar-refractivity contribution >= 4 is 16.5 Å². The number of rotatable bonds is 9. The monoisotopic (exact) mass is 384 g/mol. The van der Waals surface area contributed by atoms with Gasteiger partial charge in [0.05, 0.1) is 26.0 Å². The first-order valence-corrected chi connectivity index (χ1v) is 9.71. The van der Waals surface area contributed by atoms with E-state index in [9.17, 15) is 10.2 Å². The molecule has 0 fully saturated rings. The molecule has 5 nitrogen and oxygen atoms in total. The fourth-order valence-electron chi connectivity index (χ4n) is 2.89. The van der Waals surface area contributed by atoms with E-state index >= 15 is 0 Å². The van der Waals surface area contributed by atoms with Crippen LogP contribution in [-0.4, -0.2) is 48.6 Å². The summed E-state index contributed by atoms with van der Waals surface area (Å²) in [6, 6.07) is 18.2. The maximum absolute atomic E-state index is 9.35. The van der Waals surface area contributed by atoms with E-state index in [1.807, 2.05) is 47.4 Å². The number of aliphatic hydroxyl groups is 2. The van der Waals surface area contributed by atoms with E-state index < -0.39 is 0 Å². The van der Waals surface area contributed by atoms with Crippen molar-refractivity contribution in [3.05, 3.63) is 65.0 Å². The molecule has 3 rings (SSSR count). The number of hydrogen-bond acceptors (Lipinski definition) is 6. The lowest BCUT2D eigenvalue weighted by atomic mass is 10.1. The molecule has 0 aliphatic rings. The maximum Gasteiger partial charge on any atom is 0.186 e. The van der Waals surface area contributed by atoms with E-state index in [2.05, 4.69) is 12.1 Å². The van der Waals surface area contributed by atoms with Crippen molar-refractivity contribution in [2.75, 3.05) is 38.3 Å². The van der Waals surface area contributed by atoms with Crippen LogP contribution in [-0.2, 0) is 6.42 Å². The van der Waals surface area contributed by atoms with Crippen LogP contribution in [0.3, 0.4) is 0 Å². The van der Waals surface area contributed by atoms with Crippen molar-refractivity contribution in [3.8, 4) is 17.0 Å². The van der Waals surface area contributed by atoms with Crippen LogP contribution in [0.25, 0.3) is 11.3 Å². The summed E-state index contributed by atoms with van der Waals surface area (Å²) in [5.41, 5.74) is 3.18. The number of thiazole rings is 1. The molecule has 142 valence electrons. The molecule has 0 amide bonds. The number of ether oxygens (including phenoxy) is 1. The number of benzene rings is 2. The molecule has 1 aromatic heterocycles. The van der Waals surface area contributed by atoms with Crippen molar-refractivity contribution in [2.24, 2.45) is 0 Å². The number of anilines is 1. The fourth-order valence-corrected chi connectivity index (χ4v) is 4.06. The predicted molar refractivity (Wildman–Crippen MR) is 110 cm³/mol. The van der Waals surface area contributed by atoms with Gasteiger partial charge in [-0.25, -0.2) is 4.98 Å². The summed E-state index contributed by atoms with van der Waals surface area (Å²) in [4.78, 5) is 7.93. The summed E-state index contributed by atoms with van der Waals surface area (Å²) in [6.45, 7) is 0.929. The lowest BCUT2D eigenvalue weighted by Crippen LogP contribution is -2.29. The highest BCUT2D eigenvalue weighted by Gasteiger charge is 2.18. The lowest BCUT2D eigenvalue weighted by Gasteiger charge is -2.19. The zero-order valence-electron chi connectivity index (χ0n) is 15.3. The Morgan fingerprint density at radius 2 is 1.63 bits per heavy atom. The third kappa shape index (κ3) is 4.86. The van der Waals surface area contributed by atoms with E-state index in [0.29, 0.717) is 13.1 Å². The first kappa shape index (κ1) is 19.4. The molecule has 0 saturated heterocycles. The molecule has 1 heterocycles. The SMILES string of the molecule is COc1ccc(-c2nc(N(CCO)CCO)sc2Cc2ccccc2)cc1. The Hall–Kier alpha value is -2.41. The molecule has 2 aromatic carbocycles. The molecule has 27 heavy (non-hydrogen) atoms. The quantitative estimate of drug-likeness (QED) is 0.593. The van der Waals surface area contributed by atoms with E-state index in [-0.39, 0.29) is 13.2 Å². The average Bonchev–Trinajstić information content (AvgIpc) is 3.12. The van der Waals surface area contributed by atoms with Gasteiger partial charge in [-0.05, 0) is 29.8 Å². The Balaban J connectivity index is 1.99. The van der Waals surface area contributed by atoms with Crippen molar-refractivity contribution < 1.29 is 14.9 Å². The predicted octanol–water partition coefficient (Wildman–Crippen LogP) is 3.20. The molecule has 6 heteroatoms. The van der Waals surface area contributed by atoms with Crippen molar-refractivity contribution in [2.45, 2.75) is 6.42 Å². The van der Waals surface area contributed by atoms with Gasteiger partial charge in [0.2, 0.25) is 0 Å². The van der Waals surface area contributed by atoms with Crippen LogP contribution >= 0.6 is 11.3 Å². The topological polar surface area (TPSA) is 65.8 Å². The van der Waals surface area contributed by atoms with Crippen LogP contribution in [0.15, 0.2) is 54.6 Å². The van der Waals surface area contributed by atoms with Crippen molar-refractivity contribution in [3.63, 3.8) is 0 Å². The largest absolute Gasteiger partial charge is 0.497 e. The molecule has 0 bridgehead atoms. The van der Waals surface area contributed by atoms with Crippen LogP contribution in [0.4, 0.5) is 5.13 Å². The number of hydrogen-bond donors (Lipinski definition) is 2. The molecule has 0 unspecified atom stereocenters. The fraction of sp³-hybridized carbons (Fsp3) is 0.286. The minimum absolute atomic E-state index is 0.0193. The number of nitrogens with zero attached hydrogens (tertiary/aromatic N) is 2. The standard InChI is InChI=1S/C21H24N2O3S/c1-26-18-9-7-17(8-10-18)20-19(15-16-5-3-2-4-6-16)27-21(22-20)23(11-13-24)12-14-25/h2-10,24-25H,11-15H2,1H3. The zero-order chi connectivity index (χ0) is 19.1. The van der Waals surface area contributed by atoms with Gasteiger partial charge in [-0.3, -0.25) is 0 Å². The summed E-state index contributed by atoms with van der Waals surface area (Å²) in [5.74, 6) is 0.806. The molecule has 0 saturated carbocycles. The third-order valence-corrected chi connectivity index (χ3v) is 5.38. The first-order valence-electron chi connectivity index (χ1n) is 8.90. The second kappa shape index (κ2) is 9.50. The minimum atomic E-state index is 0.0193. The normalized spacial score (nSPS) is 10.8. The van der Waals surface area contributed by atoms with Gasteiger partial charge in [0.1, 0.15) is 5.75 Å². The molecule has 0 aliphatic carbocycles. The van der Waals surface area contributed by atoms with E-state index in [0.717, 1.165) is 33.4 Å². The second-order valence-electron chi connectivity index (χ2n) is 6.09. The molecule has 0 atom stereocenters. The molecular formula is C21H24N2O3S. The summed E-state index contributed by atoms with van der Waals surface area (Å²) in [5, 5.41) is 19.5. The van der Waals surface area contributed by atoms with E-state index in [4.69, 9.17) is 9.72 Å². The Labute approximate surface area is 163 Å². The van der Waals surface area contributed by atoms with Gasteiger partial charge in [0.25, 0.3) is 0 Å². The molecule has 3 aromatic rings. The lowest BCUT2D eigenvalue weighted by molar-refractivity contribution is 0.281. The van der Waals surface area contributed by atoms with Gasteiger partial charge >= 0.3 is 0 Å². The van der Waals surface area contributed by atoms with Gasteiger partial charge in [0.15, 0.2) is 5.13 Å². The summed E-state index contributed by atoms with van der Waals surface area (Å²) < 4.78 is 5.26. The Morgan fingerprint density at radius 1 is 0.963 bits per heavy atom. The van der Waals surface area contributed by atoms with Crippen molar-refractivity contribution in [1.82, 2.24) is 4.98 Å². The second-order valence-corrected chi connectivity index (χ2v) is 7.16. The minimum Gasteiger partial charge on any atom is -0.497 e. The molecular weight excluding hydrogens is 360 g/mol. The Bertz CT molecular complexity index is 828. The maximum atomic E-state index is 9.35. The number of aliphatic hydroxyl groups excluding tert-OH is 2. The smallest absolute Gasteiger partial charge is 0.186 e.